The van der Waals surface area contributed by atoms with Crippen molar-refractivity contribution in [3.8, 4) is 0 Å². The summed E-state index contributed by atoms with van der Waals surface area (Å²) in [7, 11) is 1.49. The van der Waals surface area contributed by atoms with E-state index in [-0.39, 0.29) is 23.3 Å². The molecule has 2 atom stereocenters. The molecule has 116 valence electrons. The van der Waals surface area contributed by atoms with Gasteiger partial charge in [0.1, 0.15) is 6.20 Å². The van der Waals surface area contributed by atoms with Crippen molar-refractivity contribution in [1.82, 2.24) is 15.1 Å². The Morgan fingerprint density at radius 1 is 1.67 bits per heavy atom. The number of amides is 1. The molecule has 0 spiro atoms. The highest BCUT2D eigenvalue weighted by Gasteiger charge is 2.36. The number of hydrogen-bond donors (Lipinski definition) is 2. The summed E-state index contributed by atoms with van der Waals surface area (Å²) in [6.45, 7) is 2.21. The van der Waals surface area contributed by atoms with Crippen LogP contribution in [0.4, 0.5) is 5.69 Å². The fourth-order valence-electron chi connectivity index (χ4n) is 2.78. The molecular weight excluding hydrogens is 276 g/mol. The van der Waals surface area contributed by atoms with Gasteiger partial charge in [-0.2, -0.15) is 5.10 Å². The number of aryl methyl sites for hydroxylation is 1. The van der Waals surface area contributed by atoms with Crippen molar-refractivity contribution in [3.05, 3.63) is 22.0 Å². The van der Waals surface area contributed by atoms with Gasteiger partial charge in [-0.15, -0.1) is 0 Å². The summed E-state index contributed by atoms with van der Waals surface area (Å²) in [5, 5.41) is 27.4. The van der Waals surface area contributed by atoms with E-state index in [1.807, 2.05) is 6.92 Å². The number of nitro groups is 1. The average Bonchev–Trinajstić information content (AvgIpc) is 2.82. The Kier molecular flexibility index (Phi) is 4.26. The van der Waals surface area contributed by atoms with Crippen molar-refractivity contribution in [3.63, 3.8) is 0 Å². The average molecular weight is 296 g/mol. The molecule has 0 bridgehead atoms. The van der Waals surface area contributed by atoms with Crippen molar-refractivity contribution in [1.29, 1.82) is 0 Å². The van der Waals surface area contributed by atoms with E-state index in [2.05, 4.69) is 10.4 Å². The Balaban J connectivity index is 2.09. The van der Waals surface area contributed by atoms with Crippen LogP contribution in [0.25, 0.3) is 0 Å². The van der Waals surface area contributed by atoms with E-state index in [4.69, 9.17) is 0 Å². The van der Waals surface area contributed by atoms with Gasteiger partial charge < -0.3 is 10.4 Å². The van der Waals surface area contributed by atoms with E-state index >= 15 is 0 Å². The molecule has 1 fully saturated rings. The van der Waals surface area contributed by atoms with Crippen molar-refractivity contribution >= 4 is 11.6 Å². The molecule has 1 aliphatic rings. The quantitative estimate of drug-likeness (QED) is 0.636. The second kappa shape index (κ2) is 5.80. The van der Waals surface area contributed by atoms with Gasteiger partial charge in [0.15, 0.2) is 0 Å². The van der Waals surface area contributed by atoms with E-state index in [9.17, 15) is 20.0 Å². The lowest BCUT2D eigenvalue weighted by molar-refractivity contribution is -0.385. The van der Waals surface area contributed by atoms with E-state index in [1.165, 1.54) is 11.7 Å². The molecule has 2 N–H and O–H groups in total. The Morgan fingerprint density at radius 2 is 2.38 bits per heavy atom. The number of aliphatic hydroxyl groups is 1. The molecule has 0 aliphatic heterocycles. The topological polar surface area (TPSA) is 110 Å². The summed E-state index contributed by atoms with van der Waals surface area (Å²) in [4.78, 5) is 22.5. The number of carbonyl (C=O) groups excluding carboxylic acids is 1. The van der Waals surface area contributed by atoms with Gasteiger partial charge in [0.2, 0.25) is 5.69 Å². The first-order chi connectivity index (χ1) is 9.85. The maximum Gasteiger partial charge on any atom is 0.320 e. The normalized spacial score (nSPS) is 25.6. The van der Waals surface area contributed by atoms with E-state index in [1.54, 1.807) is 0 Å². The first-order valence-electron chi connectivity index (χ1n) is 6.98. The molecular formula is C13H20N4O4. The van der Waals surface area contributed by atoms with Crippen LogP contribution in [0, 0.1) is 15.5 Å². The third-order valence-corrected chi connectivity index (χ3v) is 4.26. The zero-order valence-corrected chi connectivity index (χ0v) is 12.2. The molecule has 1 aromatic rings. The number of nitrogens with zero attached hydrogens (tertiary/aromatic N) is 3. The highest BCUT2D eigenvalue weighted by molar-refractivity contribution is 5.96. The molecule has 0 radical (unpaired) electrons. The first kappa shape index (κ1) is 15.4. The number of carbonyl (C=O) groups is 1. The standard InChI is InChI=1S/C13H20N4O4/c1-13(6-4-3-5-10(13)18)8-14-12(19)11-9(17(20)21)7-15-16(11)2/h7,10,18H,3-6,8H2,1-2H3,(H,14,19). The Hall–Kier alpha value is -1.96. The highest BCUT2D eigenvalue weighted by atomic mass is 16.6. The minimum Gasteiger partial charge on any atom is -0.392 e. The molecule has 2 rings (SSSR count). The molecule has 2 unspecified atom stereocenters. The van der Waals surface area contributed by atoms with Crippen molar-refractivity contribution in [2.24, 2.45) is 12.5 Å². The summed E-state index contributed by atoms with van der Waals surface area (Å²) in [5.74, 6) is -0.541. The molecule has 8 heteroatoms. The maximum atomic E-state index is 12.2. The SMILES string of the molecule is Cn1ncc([N+](=O)[O-])c1C(=O)NCC1(C)CCCCC1O. The van der Waals surface area contributed by atoms with Crippen LogP contribution in [0.1, 0.15) is 43.1 Å². The van der Waals surface area contributed by atoms with E-state index in [0.717, 1.165) is 31.9 Å². The Morgan fingerprint density at radius 3 is 3.00 bits per heavy atom. The molecule has 21 heavy (non-hydrogen) atoms. The molecule has 1 aromatic heterocycles. The molecule has 0 saturated heterocycles. The monoisotopic (exact) mass is 296 g/mol. The summed E-state index contributed by atoms with van der Waals surface area (Å²) in [6, 6.07) is 0. The van der Waals surface area contributed by atoms with E-state index in [0.29, 0.717) is 0 Å². The molecule has 8 nitrogen and oxygen atoms in total. The first-order valence-corrected chi connectivity index (χ1v) is 6.98. The second-order valence-corrected chi connectivity index (χ2v) is 5.86. The molecule has 1 aliphatic carbocycles. The van der Waals surface area contributed by atoms with Crippen LogP contribution in [0.2, 0.25) is 0 Å². The summed E-state index contributed by atoms with van der Waals surface area (Å²) in [5.41, 5.74) is -0.778. The number of nitrogens with one attached hydrogen (secondary N) is 1. The van der Waals surface area contributed by atoms with Crippen LogP contribution in [0.3, 0.4) is 0 Å². The van der Waals surface area contributed by atoms with Gasteiger partial charge in [-0.3, -0.25) is 19.6 Å². The summed E-state index contributed by atoms with van der Waals surface area (Å²) < 4.78 is 1.19. The van der Waals surface area contributed by atoms with Crippen LogP contribution >= 0.6 is 0 Å². The van der Waals surface area contributed by atoms with Crippen molar-refractivity contribution in [2.45, 2.75) is 38.7 Å². The van der Waals surface area contributed by atoms with Gasteiger partial charge in [0.05, 0.1) is 11.0 Å². The predicted molar refractivity (Wildman–Crippen MR) is 74.8 cm³/mol. The lowest BCUT2D eigenvalue weighted by atomic mass is 9.73. The molecule has 1 heterocycles. The van der Waals surface area contributed by atoms with Crippen LogP contribution in [-0.4, -0.2) is 38.4 Å². The van der Waals surface area contributed by atoms with Crippen LogP contribution in [0.5, 0.6) is 0 Å². The van der Waals surface area contributed by atoms with Gasteiger partial charge >= 0.3 is 5.69 Å². The number of hydrogen-bond acceptors (Lipinski definition) is 5. The maximum absolute atomic E-state index is 12.2. The zero-order valence-electron chi connectivity index (χ0n) is 12.2. The molecule has 0 aromatic carbocycles. The fraction of sp³-hybridized carbons (Fsp3) is 0.692. The van der Waals surface area contributed by atoms with Crippen LogP contribution < -0.4 is 5.32 Å². The van der Waals surface area contributed by atoms with Crippen LogP contribution in [0.15, 0.2) is 6.20 Å². The molecule has 1 amide bonds. The summed E-state index contributed by atoms with van der Waals surface area (Å²) >= 11 is 0. The number of aliphatic hydroxyl groups excluding tert-OH is 1. The lowest BCUT2D eigenvalue weighted by Crippen LogP contribution is -2.45. The third-order valence-electron chi connectivity index (χ3n) is 4.26. The van der Waals surface area contributed by atoms with Gasteiger partial charge in [-0.05, 0) is 12.8 Å². The smallest absolute Gasteiger partial charge is 0.320 e. The van der Waals surface area contributed by atoms with Crippen LogP contribution in [-0.2, 0) is 7.05 Å². The fourth-order valence-corrected chi connectivity index (χ4v) is 2.78. The highest BCUT2D eigenvalue weighted by Crippen LogP contribution is 2.35. The summed E-state index contributed by atoms with van der Waals surface area (Å²) in [6.07, 6.45) is 4.13. The number of rotatable bonds is 4. The van der Waals surface area contributed by atoms with Gasteiger partial charge in [0.25, 0.3) is 5.91 Å². The van der Waals surface area contributed by atoms with Gasteiger partial charge in [-0.1, -0.05) is 19.8 Å². The Bertz CT molecular complexity index is 556. The van der Waals surface area contributed by atoms with E-state index < -0.39 is 16.9 Å². The van der Waals surface area contributed by atoms with Gasteiger partial charge in [0, 0.05) is 19.0 Å². The van der Waals surface area contributed by atoms with Gasteiger partial charge in [-0.25, -0.2) is 0 Å². The lowest BCUT2D eigenvalue weighted by Gasteiger charge is -2.38. The second-order valence-electron chi connectivity index (χ2n) is 5.86. The minimum absolute atomic E-state index is 0.0751. The largest absolute Gasteiger partial charge is 0.392 e. The number of aromatic nitrogens is 2. The zero-order chi connectivity index (χ0) is 15.6. The third kappa shape index (κ3) is 3.05. The minimum atomic E-state index is -0.626. The predicted octanol–water partition coefficient (Wildman–Crippen LogP) is 0.999. The van der Waals surface area contributed by atoms with Crippen molar-refractivity contribution in [2.75, 3.05) is 6.54 Å². The molecule has 1 saturated carbocycles. The Labute approximate surface area is 122 Å². The van der Waals surface area contributed by atoms with Crippen molar-refractivity contribution < 1.29 is 14.8 Å².